The highest BCUT2D eigenvalue weighted by molar-refractivity contribution is 7.98. The molecule has 0 radical (unpaired) electrons. The van der Waals surface area contributed by atoms with Gasteiger partial charge in [0.25, 0.3) is 0 Å². The quantitative estimate of drug-likeness (QED) is 0.869. The first-order valence-corrected chi connectivity index (χ1v) is 7.74. The van der Waals surface area contributed by atoms with E-state index in [4.69, 9.17) is 0 Å². The molecule has 2 aromatic heterocycles. The first-order valence-electron chi connectivity index (χ1n) is 6.34. The van der Waals surface area contributed by atoms with E-state index in [1.807, 2.05) is 30.0 Å². The third-order valence-corrected chi connectivity index (χ3v) is 3.97. The number of nitrogens with one attached hydrogen (secondary N) is 1. The van der Waals surface area contributed by atoms with Crippen LogP contribution in [0.25, 0.3) is 5.65 Å². The van der Waals surface area contributed by atoms with Gasteiger partial charge in [-0.25, -0.2) is 4.98 Å². The van der Waals surface area contributed by atoms with Gasteiger partial charge in [-0.3, -0.25) is 0 Å². The Morgan fingerprint density at radius 2 is 2.28 bits per heavy atom. The van der Waals surface area contributed by atoms with Crippen molar-refractivity contribution in [1.82, 2.24) is 14.7 Å². The van der Waals surface area contributed by atoms with Gasteiger partial charge in [0.15, 0.2) is 0 Å². The number of nitrogens with zero attached hydrogens (tertiary/aromatic N) is 2. The van der Waals surface area contributed by atoms with E-state index >= 15 is 0 Å². The molecule has 0 amide bonds. The van der Waals surface area contributed by atoms with Crippen molar-refractivity contribution < 1.29 is 0 Å². The highest BCUT2D eigenvalue weighted by atomic mass is 32.2. The summed E-state index contributed by atoms with van der Waals surface area (Å²) in [7, 11) is 0. The molecule has 98 valence electrons. The number of aromatic nitrogens is 2. The largest absolute Gasteiger partial charge is 0.311 e. The van der Waals surface area contributed by atoms with Gasteiger partial charge in [-0.05, 0) is 43.5 Å². The maximum atomic E-state index is 4.57. The van der Waals surface area contributed by atoms with E-state index in [1.54, 1.807) is 0 Å². The van der Waals surface area contributed by atoms with Crippen molar-refractivity contribution in [2.75, 3.05) is 18.6 Å². The minimum absolute atomic E-state index is 0.708. The zero-order chi connectivity index (χ0) is 13.0. The normalized spacial score (nSPS) is 13.1. The Labute approximate surface area is 113 Å². The van der Waals surface area contributed by atoms with Crippen LogP contribution in [-0.2, 0) is 6.54 Å². The molecular formula is C14H21N3S. The number of thioether (sulfide) groups is 1. The van der Waals surface area contributed by atoms with Gasteiger partial charge in [-0.15, -0.1) is 0 Å². The average molecular weight is 263 g/mol. The highest BCUT2D eigenvalue weighted by Crippen LogP contribution is 2.11. The minimum atomic E-state index is 0.708. The van der Waals surface area contributed by atoms with E-state index in [2.05, 4.69) is 41.0 Å². The Morgan fingerprint density at radius 1 is 1.44 bits per heavy atom. The van der Waals surface area contributed by atoms with Gasteiger partial charge >= 0.3 is 0 Å². The number of pyridine rings is 1. The molecule has 2 rings (SSSR count). The fourth-order valence-electron chi connectivity index (χ4n) is 2.16. The van der Waals surface area contributed by atoms with Gasteiger partial charge in [0.05, 0.1) is 11.4 Å². The number of aryl methyl sites for hydroxylation is 1. The summed E-state index contributed by atoms with van der Waals surface area (Å²) in [5, 5.41) is 3.53. The third kappa shape index (κ3) is 3.06. The van der Waals surface area contributed by atoms with Crippen molar-refractivity contribution in [3.8, 4) is 0 Å². The second-order valence-corrected chi connectivity index (χ2v) is 5.67. The summed E-state index contributed by atoms with van der Waals surface area (Å²) in [5.74, 6) is 1.92. The Morgan fingerprint density at radius 3 is 3.06 bits per heavy atom. The van der Waals surface area contributed by atoms with Crippen LogP contribution in [0.4, 0.5) is 0 Å². The second kappa shape index (κ2) is 6.25. The maximum Gasteiger partial charge on any atom is 0.137 e. The smallest absolute Gasteiger partial charge is 0.137 e. The lowest BCUT2D eigenvalue weighted by molar-refractivity contribution is 0.553. The van der Waals surface area contributed by atoms with Crippen LogP contribution in [0.3, 0.4) is 0 Å². The average Bonchev–Trinajstić information content (AvgIpc) is 2.66. The third-order valence-electron chi connectivity index (χ3n) is 3.07. The van der Waals surface area contributed by atoms with Gasteiger partial charge in [0.2, 0.25) is 0 Å². The summed E-state index contributed by atoms with van der Waals surface area (Å²) < 4.78 is 2.17. The van der Waals surface area contributed by atoms with E-state index in [9.17, 15) is 0 Å². The van der Waals surface area contributed by atoms with Crippen molar-refractivity contribution in [3.05, 3.63) is 35.8 Å². The highest BCUT2D eigenvalue weighted by Gasteiger charge is 2.08. The first kappa shape index (κ1) is 13.4. The first-order chi connectivity index (χ1) is 8.72. The molecule has 0 aromatic carbocycles. The van der Waals surface area contributed by atoms with Crippen LogP contribution in [0.1, 0.15) is 18.3 Å². The molecule has 4 heteroatoms. The molecule has 1 atom stereocenters. The monoisotopic (exact) mass is 263 g/mol. The van der Waals surface area contributed by atoms with Crippen LogP contribution in [0.5, 0.6) is 0 Å². The van der Waals surface area contributed by atoms with Crippen molar-refractivity contribution in [2.24, 2.45) is 5.92 Å². The lowest BCUT2D eigenvalue weighted by atomic mass is 10.2. The summed E-state index contributed by atoms with van der Waals surface area (Å²) in [5.41, 5.74) is 3.41. The topological polar surface area (TPSA) is 29.3 Å². The van der Waals surface area contributed by atoms with Crippen LogP contribution in [-0.4, -0.2) is 27.9 Å². The van der Waals surface area contributed by atoms with Gasteiger partial charge in [-0.1, -0.05) is 13.0 Å². The van der Waals surface area contributed by atoms with E-state index < -0.39 is 0 Å². The number of fused-ring (bicyclic) bond motifs is 1. The fraction of sp³-hybridized carbons (Fsp3) is 0.500. The van der Waals surface area contributed by atoms with Crippen LogP contribution in [0.2, 0.25) is 0 Å². The summed E-state index contributed by atoms with van der Waals surface area (Å²) in [6.07, 6.45) is 4.24. The molecule has 0 saturated carbocycles. The standard InChI is InChI=1S/C14H21N3S/c1-11(10-18-3)8-15-9-13-12(2)16-14-6-4-5-7-17(13)14/h4-7,11,15H,8-10H2,1-3H3. The molecule has 0 aliphatic rings. The molecule has 2 aromatic rings. The zero-order valence-corrected chi connectivity index (χ0v) is 12.1. The van der Waals surface area contributed by atoms with Gasteiger partial charge < -0.3 is 9.72 Å². The Bertz CT molecular complexity index is 507. The number of hydrogen-bond donors (Lipinski definition) is 1. The lowest BCUT2D eigenvalue weighted by Gasteiger charge is -2.11. The molecule has 2 heterocycles. The maximum absolute atomic E-state index is 4.57. The van der Waals surface area contributed by atoms with Crippen molar-refractivity contribution in [3.63, 3.8) is 0 Å². The van der Waals surface area contributed by atoms with Crippen LogP contribution >= 0.6 is 11.8 Å². The van der Waals surface area contributed by atoms with Crippen LogP contribution in [0, 0.1) is 12.8 Å². The second-order valence-electron chi connectivity index (χ2n) is 4.76. The summed E-state index contributed by atoms with van der Waals surface area (Å²) in [4.78, 5) is 4.57. The Kier molecular flexibility index (Phi) is 4.66. The van der Waals surface area contributed by atoms with Gasteiger partial charge in [0, 0.05) is 12.7 Å². The zero-order valence-electron chi connectivity index (χ0n) is 11.3. The van der Waals surface area contributed by atoms with Crippen LogP contribution < -0.4 is 5.32 Å². The van der Waals surface area contributed by atoms with Crippen molar-refractivity contribution in [2.45, 2.75) is 20.4 Å². The SMILES string of the molecule is CSCC(C)CNCc1c(C)nc2ccccn12. The molecule has 0 saturated heterocycles. The molecule has 3 nitrogen and oxygen atoms in total. The Balaban J connectivity index is 2.01. The van der Waals surface area contributed by atoms with Crippen molar-refractivity contribution >= 4 is 17.4 Å². The predicted molar refractivity (Wildman–Crippen MR) is 79.2 cm³/mol. The summed E-state index contributed by atoms with van der Waals surface area (Å²) in [6.45, 7) is 6.30. The van der Waals surface area contributed by atoms with E-state index in [1.165, 1.54) is 11.4 Å². The van der Waals surface area contributed by atoms with E-state index in [0.29, 0.717) is 5.92 Å². The molecular weight excluding hydrogens is 242 g/mol. The predicted octanol–water partition coefficient (Wildman–Crippen LogP) is 2.73. The van der Waals surface area contributed by atoms with E-state index in [-0.39, 0.29) is 0 Å². The minimum Gasteiger partial charge on any atom is -0.311 e. The van der Waals surface area contributed by atoms with E-state index in [0.717, 1.165) is 24.4 Å². The summed E-state index contributed by atoms with van der Waals surface area (Å²) >= 11 is 1.91. The molecule has 0 fully saturated rings. The molecule has 1 N–H and O–H groups in total. The molecule has 1 unspecified atom stereocenters. The van der Waals surface area contributed by atoms with Crippen LogP contribution in [0.15, 0.2) is 24.4 Å². The molecule has 0 aliphatic carbocycles. The lowest BCUT2D eigenvalue weighted by Crippen LogP contribution is -2.23. The fourth-order valence-corrected chi connectivity index (χ4v) is 2.84. The van der Waals surface area contributed by atoms with Gasteiger partial charge in [-0.2, -0.15) is 11.8 Å². The van der Waals surface area contributed by atoms with Gasteiger partial charge in [0.1, 0.15) is 5.65 Å². The Hall–Kier alpha value is -1.00. The van der Waals surface area contributed by atoms with Crippen molar-refractivity contribution in [1.29, 1.82) is 0 Å². The molecule has 18 heavy (non-hydrogen) atoms. The molecule has 0 aliphatic heterocycles. The molecule has 0 spiro atoms. The summed E-state index contributed by atoms with van der Waals surface area (Å²) in [6, 6.07) is 6.13. The number of rotatable bonds is 6. The number of imidazole rings is 1. The molecule has 0 bridgehead atoms. The number of hydrogen-bond acceptors (Lipinski definition) is 3.